The van der Waals surface area contributed by atoms with Crippen molar-refractivity contribution in [3.05, 3.63) is 0 Å². The summed E-state index contributed by atoms with van der Waals surface area (Å²) in [4.78, 5) is 22.2. The van der Waals surface area contributed by atoms with Gasteiger partial charge in [-0.1, -0.05) is 0 Å². The van der Waals surface area contributed by atoms with Crippen LogP contribution in [0.5, 0.6) is 0 Å². The normalized spacial score (nSPS) is 31.8. The molecule has 1 unspecified atom stereocenters. The molecule has 0 saturated carbocycles. The SMILES string of the molecule is COC1O[C@@H]([C@H](C)OC(C)=O)[C@@H](OC(C)=O)[C@H]1OC. The molecule has 0 bridgehead atoms. The standard InChI is InChI=1S/C12H20O7/c1-6(17-7(2)13)9-10(18-8(3)14)11(15-4)12(16-5)19-9/h6,9-12H,1-5H3/t6-,9-,10+,11+,12?/m0/s1. The second-order valence-electron chi connectivity index (χ2n) is 4.29. The van der Waals surface area contributed by atoms with Crippen LogP contribution in [0.4, 0.5) is 0 Å². The van der Waals surface area contributed by atoms with Crippen LogP contribution in [-0.2, 0) is 33.3 Å². The minimum absolute atomic E-state index is 0.437. The highest BCUT2D eigenvalue weighted by Crippen LogP contribution is 2.29. The fraction of sp³-hybridized carbons (Fsp3) is 0.833. The Kier molecular flexibility index (Phi) is 5.71. The van der Waals surface area contributed by atoms with Gasteiger partial charge in [-0.15, -0.1) is 0 Å². The van der Waals surface area contributed by atoms with Crippen molar-refractivity contribution in [1.29, 1.82) is 0 Å². The van der Waals surface area contributed by atoms with E-state index in [-0.39, 0.29) is 0 Å². The van der Waals surface area contributed by atoms with Crippen molar-refractivity contribution in [2.24, 2.45) is 0 Å². The van der Waals surface area contributed by atoms with Crippen LogP contribution in [0.1, 0.15) is 20.8 Å². The molecule has 1 aliphatic rings. The highest BCUT2D eigenvalue weighted by molar-refractivity contribution is 5.67. The number of rotatable bonds is 5. The summed E-state index contributed by atoms with van der Waals surface area (Å²) < 4.78 is 26.2. The maximum absolute atomic E-state index is 11.2. The molecule has 7 heteroatoms. The molecule has 0 spiro atoms. The maximum Gasteiger partial charge on any atom is 0.303 e. The number of methoxy groups -OCH3 is 2. The van der Waals surface area contributed by atoms with Gasteiger partial charge >= 0.3 is 11.9 Å². The largest absolute Gasteiger partial charge is 0.460 e. The van der Waals surface area contributed by atoms with Gasteiger partial charge in [-0.2, -0.15) is 0 Å². The summed E-state index contributed by atoms with van der Waals surface area (Å²) >= 11 is 0. The van der Waals surface area contributed by atoms with Gasteiger partial charge < -0.3 is 23.7 Å². The van der Waals surface area contributed by atoms with Gasteiger partial charge in [0.05, 0.1) is 0 Å². The van der Waals surface area contributed by atoms with E-state index in [1.807, 2.05) is 0 Å². The number of carbonyl (C=O) groups excluding carboxylic acids is 2. The quantitative estimate of drug-likeness (QED) is 0.666. The molecule has 0 amide bonds. The van der Waals surface area contributed by atoms with Crippen molar-refractivity contribution in [1.82, 2.24) is 0 Å². The zero-order valence-electron chi connectivity index (χ0n) is 11.7. The minimum atomic E-state index is -0.693. The number of esters is 2. The Morgan fingerprint density at radius 3 is 2.11 bits per heavy atom. The molecule has 1 aliphatic heterocycles. The van der Waals surface area contributed by atoms with E-state index in [1.165, 1.54) is 28.1 Å². The summed E-state index contributed by atoms with van der Waals surface area (Å²) in [6.45, 7) is 4.25. The Morgan fingerprint density at radius 1 is 1.05 bits per heavy atom. The van der Waals surface area contributed by atoms with Crippen molar-refractivity contribution in [2.45, 2.75) is 51.5 Å². The number of ether oxygens (including phenoxy) is 5. The molecule has 0 aliphatic carbocycles. The van der Waals surface area contributed by atoms with E-state index in [9.17, 15) is 9.59 Å². The van der Waals surface area contributed by atoms with Gasteiger partial charge in [0.15, 0.2) is 12.4 Å². The lowest BCUT2D eigenvalue weighted by atomic mass is 10.1. The van der Waals surface area contributed by atoms with Crippen LogP contribution in [0.2, 0.25) is 0 Å². The lowest BCUT2D eigenvalue weighted by Gasteiger charge is -2.25. The topological polar surface area (TPSA) is 80.3 Å². The molecule has 7 nitrogen and oxygen atoms in total. The molecule has 110 valence electrons. The molecule has 1 heterocycles. The number of hydrogen-bond donors (Lipinski definition) is 0. The summed E-state index contributed by atoms with van der Waals surface area (Å²) in [7, 11) is 2.93. The van der Waals surface area contributed by atoms with Gasteiger partial charge in [0.25, 0.3) is 0 Å². The third kappa shape index (κ3) is 3.89. The van der Waals surface area contributed by atoms with Crippen LogP contribution in [0.3, 0.4) is 0 Å². The average molecular weight is 276 g/mol. The van der Waals surface area contributed by atoms with Gasteiger partial charge in [0.2, 0.25) is 0 Å². The molecule has 19 heavy (non-hydrogen) atoms. The summed E-state index contributed by atoms with van der Waals surface area (Å²) in [5, 5.41) is 0. The van der Waals surface area contributed by atoms with E-state index in [4.69, 9.17) is 23.7 Å². The average Bonchev–Trinajstić information content (AvgIpc) is 2.65. The first-order chi connectivity index (χ1) is 8.90. The van der Waals surface area contributed by atoms with Crippen molar-refractivity contribution in [2.75, 3.05) is 14.2 Å². The summed E-state index contributed by atoms with van der Waals surface area (Å²) in [6, 6.07) is 0. The predicted octanol–water partition coefficient (Wildman–Crippen LogP) is 0.256. The molecule has 0 aromatic heterocycles. The fourth-order valence-electron chi connectivity index (χ4n) is 2.12. The molecule has 1 fully saturated rings. The van der Waals surface area contributed by atoms with Gasteiger partial charge in [-0.3, -0.25) is 9.59 Å². The van der Waals surface area contributed by atoms with Gasteiger partial charge in [0, 0.05) is 28.1 Å². The van der Waals surface area contributed by atoms with Crippen LogP contribution >= 0.6 is 0 Å². The van der Waals surface area contributed by atoms with Crippen molar-refractivity contribution in [3.8, 4) is 0 Å². The van der Waals surface area contributed by atoms with Crippen molar-refractivity contribution < 1.29 is 33.3 Å². The van der Waals surface area contributed by atoms with Gasteiger partial charge in [0.1, 0.15) is 18.3 Å². The zero-order chi connectivity index (χ0) is 14.6. The summed E-state index contributed by atoms with van der Waals surface area (Å²) in [5.74, 6) is -0.903. The highest BCUT2D eigenvalue weighted by Gasteiger charge is 2.50. The molecular weight excluding hydrogens is 256 g/mol. The third-order valence-electron chi connectivity index (χ3n) is 2.83. The first-order valence-electron chi connectivity index (χ1n) is 5.96. The Labute approximate surface area is 112 Å². The number of hydrogen-bond acceptors (Lipinski definition) is 7. The van der Waals surface area contributed by atoms with Crippen LogP contribution in [0.15, 0.2) is 0 Å². The monoisotopic (exact) mass is 276 g/mol. The van der Waals surface area contributed by atoms with Crippen molar-refractivity contribution in [3.63, 3.8) is 0 Å². The van der Waals surface area contributed by atoms with Crippen molar-refractivity contribution >= 4 is 11.9 Å². The van der Waals surface area contributed by atoms with E-state index in [0.29, 0.717) is 0 Å². The Balaban J connectivity index is 2.86. The lowest BCUT2D eigenvalue weighted by molar-refractivity contribution is -0.178. The zero-order valence-corrected chi connectivity index (χ0v) is 11.7. The second-order valence-corrected chi connectivity index (χ2v) is 4.29. The van der Waals surface area contributed by atoms with E-state index in [2.05, 4.69) is 0 Å². The van der Waals surface area contributed by atoms with Crippen LogP contribution in [0, 0.1) is 0 Å². The first-order valence-corrected chi connectivity index (χ1v) is 5.96. The molecular formula is C12H20O7. The summed E-state index contributed by atoms with van der Waals surface area (Å²) in [6.07, 6.45) is -3.17. The first kappa shape index (κ1) is 15.9. The third-order valence-corrected chi connectivity index (χ3v) is 2.83. The molecule has 0 aromatic rings. The molecule has 1 rings (SSSR count). The predicted molar refractivity (Wildman–Crippen MR) is 63.2 cm³/mol. The molecule has 1 saturated heterocycles. The van der Waals surface area contributed by atoms with Gasteiger partial charge in [-0.05, 0) is 6.92 Å². The van der Waals surface area contributed by atoms with Crippen LogP contribution < -0.4 is 0 Å². The van der Waals surface area contributed by atoms with Crippen LogP contribution in [0.25, 0.3) is 0 Å². The highest BCUT2D eigenvalue weighted by atomic mass is 16.7. The number of carbonyl (C=O) groups is 2. The van der Waals surface area contributed by atoms with Gasteiger partial charge in [-0.25, -0.2) is 0 Å². The fourth-order valence-corrected chi connectivity index (χ4v) is 2.12. The van der Waals surface area contributed by atoms with E-state index >= 15 is 0 Å². The molecule has 0 aromatic carbocycles. The lowest BCUT2D eigenvalue weighted by Crippen LogP contribution is -2.43. The Hall–Kier alpha value is -1.18. The second kappa shape index (κ2) is 6.83. The van der Waals surface area contributed by atoms with E-state index < -0.39 is 42.6 Å². The van der Waals surface area contributed by atoms with Crippen LogP contribution in [-0.4, -0.2) is 56.9 Å². The van der Waals surface area contributed by atoms with E-state index in [1.54, 1.807) is 6.92 Å². The maximum atomic E-state index is 11.2. The smallest absolute Gasteiger partial charge is 0.303 e. The summed E-state index contributed by atoms with van der Waals surface area (Å²) in [5.41, 5.74) is 0. The van der Waals surface area contributed by atoms with E-state index in [0.717, 1.165) is 0 Å². The molecule has 0 radical (unpaired) electrons. The Morgan fingerprint density at radius 2 is 1.68 bits per heavy atom. The molecule has 5 atom stereocenters. The minimum Gasteiger partial charge on any atom is -0.460 e. The molecule has 0 N–H and O–H groups in total. The Bertz CT molecular complexity index is 330.